The molecule has 1 aliphatic heterocycles. The van der Waals surface area contributed by atoms with Crippen molar-refractivity contribution in [1.29, 1.82) is 0 Å². The first kappa shape index (κ1) is 13.3. The van der Waals surface area contributed by atoms with Gasteiger partial charge in [0.15, 0.2) is 0 Å². The molecule has 0 aromatic heterocycles. The van der Waals surface area contributed by atoms with Gasteiger partial charge in [-0.3, -0.25) is 14.9 Å². The molecular weight excluding hydrogens is 246 g/mol. The smallest absolute Gasteiger partial charge is 0.294 e. The lowest BCUT2D eigenvalue weighted by Crippen LogP contribution is -2.29. The first-order valence-electron chi connectivity index (χ1n) is 6.39. The molecular formula is C13H17N3O3. The van der Waals surface area contributed by atoms with E-state index in [-0.39, 0.29) is 11.6 Å². The van der Waals surface area contributed by atoms with Gasteiger partial charge in [-0.15, -0.1) is 0 Å². The monoisotopic (exact) mass is 263 g/mol. The van der Waals surface area contributed by atoms with E-state index in [1.807, 2.05) is 4.90 Å². The van der Waals surface area contributed by atoms with Gasteiger partial charge in [-0.05, 0) is 31.4 Å². The zero-order valence-corrected chi connectivity index (χ0v) is 10.9. The van der Waals surface area contributed by atoms with E-state index >= 15 is 0 Å². The molecule has 1 N–H and O–H groups in total. The van der Waals surface area contributed by atoms with Gasteiger partial charge < -0.3 is 10.2 Å². The Balaban J connectivity index is 2.31. The van der Waals surface area contributed by atoms with Crippen molar-refractivity contribution in [3.05, 3.63) is 28.3 Å². The Morgan fingerprint density at radius 2 is 2.00 bits per heavy atom. The van der Waals surface area contributed by atoms with E-state index in [9.17, 15) is 14.9 Å². The van der Waals surface area contributed by atoms with Crippen LogP contribution in [-0.4, -0.2) is 23.9 Å². The second kappa shape index (κ2) is 5.69. The highest BCUT2D eigenvalue weighted by molar-refractivity contribution is 5.89. The van der Waals surface area contributed by atoms with E-state index in [0.29, 0.717) is 11.4 Å². The number of hydrogen-bond donors (Lipinski definition) is 1. The maximum absolute atomic E-state index is 11.2. The molecule has 0 bridgehead atoms. The fourth-order valence-electron chi connectivity index (χ4n) is 2.35. The van der Waals surface area contributed by atoms with Crippen LogP contribution in [0.4, 0.5) is 17.1 Å². The average molecular weight is 263 g/mol. The zero-order valence-electron chi connectivity index (χ0n) is 10.9. The van der Waals surface area contributed by atoms with Crippen LogP contribution in [0.3, 0.4) is 0 Å². The fraction of sp³-hybridized carbons (Fsp3) is 0.462. The number of piperidine rings is 1. The van der Waals surface area contributed by atoms with Crippen molar-refractivity contribution in [2.24, 2.45) is 0 Å². The van der Waals surface area contributed by atoms with Crippen LogP contribution in [0.25, 0.3) is 0 Å². The van der Waals surface area contributed by atoms with Crippen LogP contribution >= 0.6 is 0 Å². The minimum atomic E-state index is -0.394. The maximum Gasteiger partial charge on any atom is 0.294 e. The molecule has 0 aliphatic carbocycles. The van der Waals surface area contributed by atoms with Gasteiger partial charge in [-0.1, -0.05) is 0 Å². The summed E-state index contributed by atoms with van der Waals surface area (Å²) >= 11 is 0. The molecule has 1 aromatic rings. The van der Waals surface area contributed by atoms with E-state index in [1.165, 1.54) is 19.4 Å². The van der Waals surface area contributed by atoms with Crippen molar-refractivity contribution >= 4 is 23.0 Å². The summed E-state index contributed by atoms with van der Waals surface area (Å²) in [5.74, 6) is -0.236. The number of hydrogen-bond acceptors (Lipinski definition) is 4. The number of anilines is 2. The molecule has 1 saturated heterocycles. The summed E-state index contributed by atoms with van der Waals surface area (Å²) < 4.78 is 0. The highest BCUT2D eigenvalue weighted by Gasteiger charge is 2.21. The van der Waals surface area contributed by atoms with Crippen LogP contribution < -0.4 is 10.2 Å². The quantitative estimate of drug-likeness (QED) is 0.671. The summed E-state index contributed by atoms with van der Waals surface area (Å²) in [6, 6.07) is 4.85. The van der Waals surface area contributed by atoms with Crippen molar-refractivity contribution < 1.29 is 9.72 Å². The van der Waals surface area contributed by atoms with Gasteiger partial charge >= 0.3 is 0 Å². The molecule has 0 spiro atoms. The maximum atomic E-state index is 11.2. The van der Waals surface area contributed by atoms with E-state index in [4.69, 9.17) is 0 Å². The summed E-state index contributed by atoms with van der Waals surface area (Å²) in [6.45, 7) is 3.07. The topological polar surface area (TPSA) is 75.5 Å². The van der Waals surface area contributed by atoms with Crippen molar-refractivity contribution in [3.8, 4) is 0 Å². The molecule has 1 aromatic carbocycles. The van der Waals surface area contributed by atoms with E-state index in [1.54, 1.807) is 12.1 Å². The first-order valence-corrected chi connectivity index (χ1v) is 6.39. The lowest BCUT2D eigenvalue weighted by molar-refractivity contribution is -0.384. The number of nitrogens with one attached hydrogen (secondary N) is 1. The largest absolute Gasteiger partial charge is 0.366 e. The first-order chi connectivity index (χ1) is 9.08. The predicted octanol–water partition coefficient (Wildman–Crippen LogP) is 2.54. The summed E-state index contributed by atoms with van der Waals surface area (Å²) in [5.41, 5.74) is 1.15. The van der Waals surface area contributed by atoms with Crippen LogP contribution in [0.5, 0.6) is 0 Å². The van der Waals surface area contributed by atoms with Gasteiger partial charge in [0.25, 0.3) is 5.69 Å². The van der Waals surface area contributed by atoms with Crippen LogP contribution in [0, 0.1) is 10.1 Å². The Kier molecular flexibility index (Phi) is 3.99. The molecule has 2 rings (SSSR count). The van der Waals surface area contributed by atoms with Crippen LogP contribution in [0.15, 0.2) is 18.2 Å². The standard InChI is InChI=1S/C13H17N3O3/c1-10(17)14-11-5-6-12(13(9-11)16(18)19)15-7-3-2-4-8-15/h5-6,9H,2-4,7-8H2,1H3,(H,14,17). The summed E-state index contributed by atoms with van der Waals surface area (Å²) in [5, 5.41) is 13.7. The van der Waals surface area contributed by atoms with Gasteiger partial charge in [0, 0.05) is 31.8 Å². The summed E-state index contributed by atoms with van der Waals surface area (Å²) in [7, 11) is 0. The Morgan fingerprint density at radius 1 is 1.32 bits per heavy atom. The number of carbonyl (C=O) groups excluding carboxylic acids is 1. The fourth-order valence-corrected chi connectivity index (χ4v) is 2.35. The zero-order chi connectivity index (χ0) is 13.8. The van der Waals surface area contributed by atoms with E-state index in [2.05, 4.69) is 5.32 Å². The third-order valence-corrected chi connectivity index (χ3v) is 3.19. The summed E-state index contributed by atoms with van der Waals surface area (Å²) in [4.78, 5) is 23.8. The van der Waals surface area contributed by atoms with Gasteiger partial charge in [0.1, 0.15) is 5.69 Å². The molecule has 102 valence electrons. The molecule has 1 heterocycles. The van der Waals surface area contributed by atoms with Gasteiger partial charge in [0.2, 0.25) is 5.91 Å². The molecule has 6 nitrogen and oxygen atoms in total. The highest BCUT2D eigenvalue weighted by atomic mass is 16.6. The van der Waals surface area contributed by atoms with Crippen molar-refractivity contribution in [2.75, 3.05) is 23.3 Å². The molecule has 1 amide bonds. The number of nitrogens with zero attached hydrogens (tertiary/aromatic N) is 2. The highest BCUT2D eigenvalue weighted by Crippen LogP contribution is 2.32. The minimum absolute atomic E-state index is 0.0492. The summed E-state index contributed by atoms with van der Waals surface area (Å²) in [6.07, 6.45) is 3.30. The Morgan fingerprint density at radius 3 is 2.58 bits per heavy atom. The number of nitro groups is 1. The predicted molar refractivity (Wildman–Crippen MR) is 73.5 cm³/mol. The second-order valence-corrected chi connectivity index (χ2v) is 4.69. The van der Waals surface area contributed by atoms with Crippen LogP contribution in [0.1, 0.15) is 26.2 Å². The number of amides is 1. The molecule has 19 heavy (non-hydrogen) atoms. The minimum Gasteiger partial charge on any atom is -0.366 e. The molecule has 0 unspecified atom stereocenters. The van der Waals surface area contributed by atoms with Gasteiger partial charge in [-0.25, -0.2) is 0 Å². The molecule has 0 saturated carbocycles. The number of benzene rings is 1. The molecule has 1 aliphatic rings. The SMILES string of the molecule is CC(=O)Nc1ccc(N2CCCCC2)c([N+](=O)[O-])c1. The third-order valence-electron chi connectivity index (χ3n) is 3.19. The Labute approximate surface area is 111 Å². The Bertz CT molecular complexity index is 496. The number of rotatable bonds is 3. The Hall–Kier alpha value is -2.11. The van der Waals surface area contributed by atoms with Crippen molar-refractivity contribution in [3.63, 3.8) is 0 Å². The van der Waals surface area contributed by atoms with Crippen LogP contribution in [-0.2, 0) is 4.79 Å². The normalized spacial score (nSPS) is 15.1. The van der Waals surface area contributed by atoms with E-state index in [0.717, 1.165) is 25.9 Å². The molecule has 1 fully saturated rings. The number of carbonyl (C=O) groups is 1. The van der Waals surface area contributed by atoms with Crippen molar-refractivity contribution in [1.82, 2.24) is 0 Å². The number of nitro benzene ring substituents is 1. The third kappa shape index (κ3) is 3.21. The molecule has 6 heteroatoms. The van der Waals surface area contributed by atoms with Gasteiger partial charge in [0.05, 0.1) is 4.92 Å². The van der Waals surface area contributed by atoms with Crippen LogP contribution in [0.2, 0.25) is 0 Å². The van der Waals surface area contributed by atoms with Gasteiger partial charge in [-0.2, -0.15) is 0 Å². The average Bonchev–Trinajstić information content (AvgIpc) is 2.39. The second-order valence-electron chi connectivity index (χ2n) is 4.69. The molecule has 0 atom stereocenters. The van der Waals surface area contributed by atoms with Crippen molar-refractivity contribution in [2.45, 2.75) is 26.2 Å². The lowest BCUT2D eigenvalue weighted by Gasteiger charge is -2.28. The lowest BCUT2D eigenvalue weighted by atomic mass is 10.1. The van der Waals surface area contributed by atoms with E-state index < -0.39 is 4.92 Å². The molecule has 0 radical (unpaired) electrons.